The van der Waals surface area contributed by atoms with Crippen LogP contribution in [0.25, 0.3) is 0 Å². The molecule has 2 heterocycles. The van der Waals surface area contributed by atoms with Gasteiger partial charge in [0.2, 0.25) is 27.7 Å². The van der Waals surface area contributed by atoms with Gasteiger partial charge in [-0.15, -0.1) is 0 Å². The SMILES string of the molecule is C=CC(=O)N1CC(=CC)CC(=C(C=C)CCCCCOC(=O)NC(C(=O)N2CCCC2C(=O)NC(CC)(CCC)C(=O)NS(=O)(=O)CC2CC2)C2(C)CCCCC2)C1. The summed E-state index contributed by atoms with van der Waals surface area (Å²) in [6, 6.07) is -1.79. The molecule has 324 valence electrons. The number of alkyl carbamates (subject to hydrolysis) is 1. The summed E-state index contributed by atoms with van der Waals surface area (Å²) < 4.78 is 33.4. The number of sulfonamides is 1. The molecule has 2 saturated carbocycles. The smallest absolute Gasteiger partial charge is 0.407 e. The molecule has 13 nitrogen and oxygen atoms in total. The molecule has 0 aromatic heterocycles. The third-order valence-corrected chi connectivity index (χ3v) is 14.1. The Balaban J connectivity index is 1.37. The van der Waals surface area contributed by atoms with Crippen molar-refractivity contribution in [2.75, 3.05) is 32.0 Å². The molecule has 0 bridgehead atoms. The van der Waals surface area contributed by atoms with Crippen molar-refractivity contribution in [1.29, 1.82) is 0 Å². The molecule has 2 saturated heterocycles. The molecule has 4 rings (SSSR count). The molecule has 3 atom stereocenters. The van der Waals surface area contributed by atoms with Gasteiger partial charge in [-0.25, -0.2) is 13.2 Å². The normalized spacial score (nSPS) is 22.6. The van der Waals surface area contributed by atoms with E-state index in [-0.39, 0.29) is 42.9 Å². The van der Waals surface area contributed by atoms with Crippen molar-refractivity contribution >= 4 is 39.7 Å². The van der Waals surface area contributed by atoms with E-state index < -0.39 is 51.0 Å². The van der Waals surface area contributed by atoms with Gasteiger partial charge in [-0.1, -0.05) is 77.3 Å². The van der Waals surface area contributed by atoms with Crippen LogP contribution in [0.3, 0.4) is 0 Å². The Kier molecular flexibility index (Phi) is 17.2. The van der Waals surface area contributed by atoms with Crippen LogP contribution in [-0.4, -0.2) is 97.6 Å². The number of hydrogen-bond acceptors (Lipinski definition) is 8. The lowest BCUT2D eigenvalue weighted by molar-refractivity contribution is -0.144. The zero-order valence-electron chi connectivity index (χ0n) is 35.5. The molecule has 2 aliphatic carbocycles. The summed E-state index contributed by atoms with van der Waals surface area (Å²) in [6.07, 6.45) is 16.3. The van der Waals surface area contributed by atoms with Crippen molar-refractivity contribution in [2.45, 2.75) is 154 Å². The van der Waals surface area contributed by atoms with E-state index in [1.807, 2.05) is 26.8 Å². The van der Waals surface area contributed by atoms with Crippen molar-refractivity contribution < 1.29 is 37.1 Å². The van der Waals surface area contributed by atoms with Gasteiger partial charge in [0.1, 0.15) is 17.6 Å². The summed E-state index contributed by atoms with van der Waals surface area (Å²) in [6.45, 7) is 16.9. The quantitative estimate of drug-likeness (QED) is 0.0722. The average molecular weight is 828 g/mol. The maximum Gasteiger partial charge on any atom is 0.407 e. The van der Waals surface area contributed by atoms with Gasteiger partial charge in [0.05, 0.1) is 12.4 Å². The molecule has 0 aromatic rings. The van der Waals surface area contributed by atoms with Crippen LogP contribution in [0.2, 0.25) is 0 Å². The van der Waals surface area contributed by atoms with Crippen molar-refractivity contribution in [1.82, 2.24) is 25.2 Å². The first-order valence-corrected chi connectivity index (χ1v) is 23.3. The Bertz CT molecular complexity index is 1700. The van der Waals surface area contributed by atoms with Crippen LogP contribution in [0.5, 0.6) is 0 Å². The number of carbonyl (C=O) groups is 5. The second-order valence-corrected chi connectivity index (χ2v) is 18.9. The second kappa shape index (κ2) is 21.4. The first-order chi connectivity index (χ1) is 27.6. The Morgan fingerprint density at radius 3 is 2.33 bits per heavy atom. The lowest BCUT2D eigenvalue weighted by atomic mass is 9.70. The molecule has 5 amide bonds. The summed E-state index contributed by atoms with van der Waals surface area (Å²) in [7, 11) is -3.87. The van der Waals surface area contributed by atoms with Gasteiger partial charge < -0.3 is 25.2 Å². The average Bonchev–Trinajstić information content (AvgIpc) is 3.86. The lowest BCUT2D eigenvalue weighted by Gasteiger charge is -2.42. The van der Waals surface area contributed by atoms with Gasteiger partial charge >= 0.3 is 6.09 Å². The number of rotatable bonds is 20. The number of likely N-dealkylation sites (tertiary alicyclic amines) is 2. The summed E-state index contributed by atoms with van der Waals surface area (Å²) in [4.78, 5) is 71.2. The summed E-state index contributed by atoms with van der Waals surface area (Å²) in [5, 5.41) is 5.82. The highest BCUT2D eigenvalue weighted by molar-refractivity contribution is 7.90. The largest absolute Gasteiger partial charge is 0.450 e. The van der Waals surface area contributed by atoms with Gasteiger partial charge in [-0.3, -0.25) is 23.9 Å². The third kappa shape index (κ3) is 12.5. The highest BCUT2D eigenvalue weighted by atomic mass is 32.2. The molecule has 14 heteroatoms. The number of carbonyl (C=O) groups excluding carboxylic acids is 5. The van der Waals surface area contributed by atoms with Crippen LogP contribution >= 0.6 is 0 Å². The Hall–Kier alpha value is -3.94. The van der Waals surface area contributed by atoms with Crippen molar-refractivity contribution in [2.24, 2.45) is 11.3 Å². The zero-order valence-corrected chi connectivity index (χ0v) is 36.3. The van der Waals surface area contributed by atoms with E-state index in [1.165, 1.54) is 22.1 Å². The van der Waals surface area contributed by atoms with Crippen molar-refractivity contribution in [3.8, 4) is 0 Å². The standard InChI is InChI=1S/C44H69N5O8S/c1-7-23-44(11-5,41(53)47-58(55,56)31-33-21-22-33)46-39(51)36-20-18-26-49(36)40(52)38(43(6)24-15-13-16-25-43)45-42(54)57-27-17-12-14-19-34(9-3)35-28-32(8-2)29-48(30-35)37(50)10-4/h8-10,33,36,38H,3-4,7,11-31H2,1-2,5-6H3,(H,45,54)(H,46,51)(H,47,53). The van der Waals surface area contributed by atoms with Crippen molar-refractivity contribution in [3.63, 3.8) is 0 Å². The first-order valence-electron chi connectivity index (χ1n) is 21.6. The van der Waals surface area contributed by atoms with Gasteiger partial charge in [0.15, 0.2) is 0 Å². The molecule has 0 spiro atoms. The van der Waals surface area contributed by atoms with E-state index >= 15 is 0 Å². The number of allylic oxidation sites excluding steroid dienone is 3. The predicted octanol–water partition coefficient (Wildman–Crippen LogP) is 6.37. The number of nitrogens with one attached hydrogen (secondary N) is 3. The number of piperidine rings is 1. The molecule has 2 aliphatic heterocycles. The maximum absolute atomic E-state index is 14.5. The molecular weight excluding hydrogens is 759 g/mol. The Morgan fingerprint density at radius 2 is 1.71 bits per heavy atom. The number of nitrogens with zero attached hydrogens (tertiary/aromatic N) is 2. The molecule has 3 N–H and O–H groups in total. The van der Waals surface area contributed by atoms with Crippen LogP contribution in [0.1, 0.15) is 137 Å². The summed E-state index contributed by atoms with van der Waals surface area (Å²) in [5.41, 5.74) is 1.48. The zero-order chi connectivity index (χ0) is 42.5. The van der Waals surface area contributed by atoms with Crippen LogP contribution < -0.4 is 15.4 Å². The fourth-order valence-corrected chi connectivity index (χ4v) is 10.4. The Morgan fingerprint density at radius 1 is 0.983 bits per heavy atom. The maximum atomic E-state index is 14.5. The van der Waals surface area contributed by atoms with E-state index in [0.29, 0.717) is 45.3 Å². The molecule has 0 aromatic carbocycles. The van der Waals surface area contributed by atoms with E-state index in [2.05, 4.69) is 34.6 Å². The van der Waals surface area contributed by atoms with Crippen LogP contribution in [-0.2, 0) is 33.9 Å². The monoisotopic (exact) mass is 827 g/mol. The fraction of sp³-hybridized carbons (Fsp3) is 0.705. The van der Waals surface area contributed by atoms with Gasteiger partial charge in [0, 0.05) is 19.6 Å². The van der Waals surface area contributed by atoms with Crippen LogP contribution in [0.15, 0.2) is 48.1 Å². The van der Waals surface area contributed by atoms with E-state index in [0.717, 1.165) is 76.2 Å². The minimum atomic E-state index is -3.87. The lowest BCUT2D eigenvalue weighted by Crippen LogP contribution is -2.64. The minimum Gasteiger partial charge on any atom is -0.450 e. The number of amides is 5. The molecule has 4 aliphatic rings. The van der Waals surface area contributed by atoms with Crippen molar-refractivity contribution in [3.05, 3.63) is 48.1 Å². The van der Waals surface area contributed by atoms with Gasteiger partial charge in [-0.2, -0.15) is 0 Å². The first kappa shape index (κ1) is 46.7. The van der Waals surface area contributed by atoms with Crippen LogP contribution in [0.4, 0.5) is 4.79 Å². The highest BCUT2D eigenvalue weighted by Gasteiger charge is 2.48. The molecule has 3 unspecified atom stereocenters. The second-order valence-electron chi connectivity index (χ2n) is 17.1. The number of ether oxygens (including phenoxy) is 1. The number of hydrogen-bond donors (Lipinski definition) is 3. The summed E-state index contributed by atoms with van der Waals surface area (Å²) >= 11 is 0. The third-order valence-electron chi connectivity index (χ3n) is 12.7. The topological polar surface area (TPSA) is 171 Å². The van der Waals surface area contributed by atoms with Crippen LogP contribution in [0, 0.1) is 11.3 Å². The summed E-state index contributed by atoms with van der Waals surface area (Å²) in [5.74, 6) is -1.77. The highest BCUT2D eigenvalue weighted by Crippen LogP contribution is 2.40. The van der Waals surface area contributed by atoms with E-state index in [4.69, 9.17) is 4.74 Å². The molecule has 4 fully saturated rings. The number of unbranched alkanes of at least 4 members (excludes halogenated alkanes) is 2. The molecular formula is C44H69N5O8S. The van der Waals surface area contributed by atoms with E-state index in [9.17, 15) is 32.4 Å². The Labute approximate surface area is 347 Å². The minimum absolute atomic E-state index is 0.0491. The predicted molar refractivity (Wildman–Crippen MR) is 226 cm³/mol. The van der Waals surface area contributed by atoms with E-state index in [1.54, 1.807) is 11.8 Å². The molecule has 0 radical (unpaired) electrons. The molecule has 58 heavy (non-hydrogen) atoms. The van der Waals surface area contributed by atoms with Gasteiger partial charge in [-0.05, 0) is 119 Å². The van der Waals surface area contributed by atoms with Gasteiger partial charge in [0.25, 0.3) is 5.91 Å². The fourth-order valence-electron chi connectivity index (χ4n) is 8.88.